The molecule has 0 saturated heterocycles. The largest absolute Gasteiger partial charge is 0.354 e. The van der Waals surface area contributed by atoms with Crippen molar-refractivity contribution in [1.29, 1.82) is 0 Å². The average molecular weight is 224 g/mol. The molecular formula is C13H22NO2+. The molecule has 3 nitrogen and oxygen atoms in total. The van der Waals surface area contributed by atoms with Gasteiger partial charge in [-0.05, 0) is 31.5 Å². The van der Waals surface area contributed by atoms with Crippen LogP contribution in [0.2, 0.25) is 0 Å². The van der Waals surface area contributed by atoms with Gasteiger partial charge in [0.15, 0.2) is 0 Å². The fraction of sp³-hybridized carbons (Fsp3) is 0.462. The van der Waals surface area contributed by atoms with Gasteiger partial charge in [0, 0.05) is 13.0 Å². The van der Waals surface area contributed by atoms with Crippen molar-refractivity contribution in [3.63, 3.8) is 0 Å². The zero-order chi connectivity index (χ0) is 12.6. The molecule has 0 aliphatic carbocycles. The van der Waals surface area contributed by atoms with Gasteiger partial charge < -0.3 is 5.11 Å². The predicted octanol–water partition coefficient (Wildman–Crippen LogP) is 1.27. The van der Waals surface area contributed by atoms with E-state index in [4.69, 9.17) is 9.94 Å². The number of allylic oxidation sites excluding steroid dienone is 5. The zero-order valence-corrected chi connectivity index (χ0v) is 10.6. The molecule has 90 valence electrons. The van der Waals surface area contributed by atoms with E-state index in [9.17, 15) is 0 Å². The standard InChI is InChI=1S/C13H21NO2/c1-6-7-11(4)9-13(8-10(2)3)14-16-12(5)15/h6-7,9,12,15H,2,8H2,1,3-5H3/p+1/b7-6+,11-9-,14-13?. The number of aliphatic hydroxyl groups excluding tert-OH is 1. The second-order valence-electron chi connectivity index (χ2n) is 3.87. The van der Waals surface area contributed by atoms with E-state index in [2.05, 4.69) is 11.7 Å². The van der Waals surface area contributed by atoms with Crippen LogP contribution in [0.1, 0.15) is 34.1 Å². The van der Waals surface area contributed by atoms with Crippen molar-refractivity contribution < 1.29 is 15.1 Å². The quantitative estimate of drug-likeness (QED) is 0.234. The maximum atomic E-state index is 9.02. The molecule has 0 amide bonds. The Morgan fingerprint density at radius 1 is 1.50 bits per heavy atom. The van der Waals surface area contributed by atoms with Crippen molar-refractivity contribution in [2.45, 2.75) is 40.4 Å². The van der Waals surface area contributed by atoms with Gasteiger partial charge in [-0.3, -0.25) is 0 Å². The summed E-state index contributed by atoms with van der Waals surface area (Å²) in [4.78, 5) is 4.94. The number of hydrogen-bond acceptors (Lipinski definition) is 2. The van der Waals surface area contributed by atoms with Crippen LogP contribution in [0.15, 0.2) is 36.0 Å². The summed E-state index contributed by atoms with van der Waals surface area (Å²) >= 11 is 0. The molecule has 0 aromatic carbocycles. The maximum absolute atomic E-state index is 9.02. The fourth-order valence-corrected chi connectivity index (χ4v) is 1.19. The van der Waals surface area contributed by atoms with Gasteiger partial charge in [0.1, 0.15) is 0 Å². The molecule has 0 rings (SSSR count). The van der Waals surface area contributed by atoms with Crippen molar-refractivity contribution in [1.82, 2.24) is 0 Å². The van der Waals surface area contributed by atoms with Crippen LogP contribution in [0, 0.1) is 0 Å². The lowest BCUT2D eigenvalue weighted by atomic mass is 10.1. The fourth-order valence-electron chi connectivity index (χ4n) is 1.19. The molecule has 0 aliphatic rings. The molecule has 0 aliphatic heterocycles. The minimum Gasteiger partial charge on any atom is -0.354 e. The monoisotopic (exact) mass is 224 g/mol. The van der Waals surface area contributed by atoms with E-state index in [1.54, 1.807) is 6.92 Å². The second-order valence-corrected chi connectivity index (χ2v) is 3.87. The van der Waals surface area contributed by atoms with E-state index >= 15 is 0 Å². The highest BCUT2D eigenvalue weighted by molar-refractivity contribution is 5.92. The van der Waals surface area contributed by atoms with Gasteiger partial charge >= 0.3 is 0 Å². The maximum Gasteiger partial charge on any atom is 0.264 e. The SMILES string of the molecule is C=C(C)CC(/C=C(C)\C=C\C)=[NH+]OC(C)O. The molecule has 0 spiro atoms. The molecule has 16 heavy (non-hydrogen) atoms. The first kappa shape index (κ1) is 14.6. The van der Waals surface area contributed by atoms with Gasteiger partial charge in [0.25, 0.3) is 6.29 Å². The van der Waals surface area contributed by atoms with Crippen LogP contribution in [0.25, 0.3) is 0 Å². The Morgan fingerprint density at radius 2 is 2.12 bits per heavy atom. The van der Waals surface area contributed by atoms with Crippen molar-refractivity contribution in [2.75, 3.05) is 0 Å². The Hall–Kier alpha value is -1.35. The molecular weight excluding hydrogens is 202 g/mol. The molecule has 0 fully saturated rings. The zero-order valence-electron chi connectivity index (χ0n) is 10.6. The summed E-state index contributed by atoms with van der Waals surface area (Å²) in [5.74, 6) is 0. The van der Waals surface area contributed by atoms with Crippen molar-refractivity contribution in [3.05, 3.63) is 36.0 Å². The molecule has 0 aromatic rings. The van der Waals surface area contributed by atoms with Gasteiger partial charge in [0.2, 0.25) is 5.71 Å². The van der Waals surface area contributed by atoms with E-state index < -0.39 is 6.29 Å². The number of aliphatic hydroxyl groups is 1. The number of nitrogens with one attached hydrogen (secondary N) is 1. The van der Waals surface area contributed by atoms with Crippen LogP contribution >= 0.6 is 0 Å². The summed E-state index contributed by atoms with van der Waals surface area (Å²) in [6.45, 7) is 11.3. The molecule has 1 unspecified atom stereocenters. The first-order valence-corrected chi connectivity index (χ1v) is 5.36. The van der Waals surface area contributed by atoms with Crippen molar-refractivity contribution in [2.24, 2.45) is 0 Å². The Bertz CT molecular complexity index is 312. The van der Waals surface area contributed by atoms with E-state index in [1.165, 1.54) is 0 Å². The van der Waals surface area contributed by atoms with E-state index in [0.29, 0.717) is 6.42 Å². The Balaban J connectivity index is 4.73. The highest BCUT2D eigenvalue weighted by Crippen LogP contribution is 2.00. The summed E-state index contributed by atoms with van der Waals surface area (Å²) < 4.78 is 0. The number of rotatable bonds is 6. The summed E-state index contributed by atoms with van der Waals surface area (Å²) in [6, 6.07) is 0. The van der Waals surface area contributed by atoms with Crippen LogP contribution < -0.4 is 5.16 Å². The summed E-state index contributed by atoms with van der Waals surface area (Å²) in [6.07, 6.45) is 5.80. The van der Waals surface area contributed by atoms with Crippen LogP contribution in [0.4, 0.5) is 0 Å². The number of hydrogen-bond donors (Lipinski definition) is 2. The van der Waals surface area contributed by atoms with E-state index in [1.807, 2.05) is 39.0 Å². The van der Waals surface area contributed by atoms with Crippen LogP contribution in [-0.2, 0) is 4.84 Å². The lowest BCUT2D eigenvalue weighted by Crippen LogP contribution is -2.73. The van der Waals surface area contributed by atoms with Crippen molar-refractivity contribution in [3.8, 4) is 0 Å². The van der Waals surface area contributed by atoms with Crippen LogP contribution in [-0.4, -0.2) is 17.1 Å². The van der Waals surface area contributed by atoms with Gasteiger partial charge in [0.05, 0.1) is 6.42 Å². The Kier molecular flexibility index (Phi) is 7.21. The first-order chi connectivity index (χ1) is 7.45. The van der Waals surface area contributed by atoms with Crippen molar-refractivity contribution >= 4 is 5.71 Å². The Labute approximate surface area is 97.8 Å². The molecule has 1 atom stereocenters. The van der Waals surface area contributed by atoms with Gasteiger partial charge in [-0.2, -0.15) is 0 Å². The first-order valence-electron chi connectivity index (χ1n) is 5.36. The second kappa shape index (κ2) is 7.88. The van der Waals surface area contributed by atoms with Gasteiger partial charge in [-0.15, -0.1) is 0 Å². The third-order valence-corrected chi connectivity index (χ3v) is 1.68. The highest BCUT2D eigenvalue weighted by Gasteiger charge is 2.06. The minimum atomic E-state index is -0.837. The third-order valence-electron chi connectivity index (χ3n) is 1.68. The summed E-state index contributed by atoms with van der Waals surface area (Å²) in [5, 5.41) is 11.8. The van der Waals surface area contributed by atoms with Crippen LogP contribution in [0.3, 0.4) is 0 Å². The smallest absolute Gasteiger partial charge is 0.264 e. The minimum absolute atomic E-state index is 0.696. The molecule has 3 heteroatoms. The molecule has 0 bridgehead atoms. The normalized spacial score (nSPS) is 15.3. The topological polar surface area (TPSA) is 43.4 Å². The lowest BCUT2D eigenvalue weighted by Gasteiger charge is -1.99. The van der Waals surface area contributed by atoms with E-state index in [0.717, 1.165) is 16.9 Å². The highest BCUT2D eigenvalue weighted by atomic mass is 16.7. The molecule has 0 aromatic heterocycles. The third kappa shape index (κ3) is 8.00. The van der Waals surface area contributed by atoms with Gasteiger partial charge in [-0.1, -0.05) is 24.3 Å². The molecule has 0 radical (unpaired) electrons. The van der Waals surface area contributed by atoms with E-state index in [-0.39, 0.29) is 0 Å². The molecule has 2 N–H and O–H groups in total. The van der Waals surface area contributed by atoms with Gasteiger partial charge in [-0.25, -0.2) is 4.84 Å². The summed E-state index contributed by atoms with van der Waals surface area (Å²) in [5.41, 5.74) is 3.02. The average Bonchev–Trinajstić information content (AvgIpc) is 2.13. The predicted molar refractivity (Wildman–Crippen MR) is 66.7 cm³/mol. The summed E-state index contributed by atoms with van der Waals surface area (Å²) in [7, 11) is 0. The Morgan fingerprint density at radius 3 is 2.56 bits per heavy atom. The molecule has 0 heterocycles. The molecule has 0 saturated carbocycles. The lowest BCUT2D eigenvalue weighted by molar-refractivity contribution is -0.775. The van der Waals surface area contributed by atoms with Crippen LogP contribution in [0.5, 0.6) is 0 Å².